The summed E-state index contributed by atoms with van der Waals surface area (Å²) in [6.07, 6.45) is 3.14. The second-order valence-electron chi connectivity index (χ2n) is 6.98. The van der Waals surface area contributed by atoms with Crippen molar-refractivity contribution in [2.45, 2.75) is 25.7 Å². The molecular weight excluding hydrogens is 366 g/mol. The molecule has 1 aliphatic heterocycles. The zero-order valence-corrected chi connectivity index (χ0v) is 16.4. The molecule has 8 heteroatoms. The summed E-state index contributed by atoms with van der Waals surface area (Å²) in [6.45, 7) is 4.03. The van der Waals surface area contributed by atoms with Gasteiger partial charge in [-0.25, -0.2) is 0 Å². The Morgan fingerprint density at radius 1 is 1.21 bits per heavy atom. The number of aliphatic imine (C=N–C) groups is 1. The molecule has 1 aromatic carbocycles. The van der Waals surface area contributed by atoms with Crippen LogP contribution < -0.4 is 16.0 Å². The van der Waals surface area contributed by atoms with Crippen molar-refractivity contribution in [3.8, 4) is 0 Å². The molecule has 1 atom stereocenters. The molecule has 0 radical (unpaired) electrons. The zero-order valence-electron chi connectivity index (χ0n) is 16.4. The van der Waals surface area contributed by atoms with Crippen molar-refractivity contribution in [1.29, 1.82) is 0 Å². The van der Waals surface area contributed by atoms with Crippen molar-refractivity contribution in [3.63, 3.8) is 0 Å². The maximum Gasteiger partial charge on any atom is 0.225 e. The minimum absolute atomic E-state index is 0.0422. The first-order valence-electron chi connectivity index (χ1n) is 9.94. The van der Waals surface area contributed by atoms with Crippen molar-refractivity contribution in [2.24, 2.45) is 4.99 Å². The Labute approximate surface area is 169 Å². The van der Waals surface area contributed by atoms with Crippen LogP contribution in [0.1, 0.15) is 30.7 Å². The van der Waals surface area contributed by atoms with Crippen LogP contribution in [0, 0.1) is 0 Å². The monoisotopic (exact) mass is 391 g/mol. The Balaban J connectivity index is 1.40. The minimum atomic E-state index is 0.0422. The van der Waals surface area contributed by atoms with Crippen LogP contribution in [0.4, 0.5) is 5.69 Å². The number of guanidine groups is 1. The Kier molecular flexibility index (Phi) is 5.69. The van der Waals surface area contributed by atoms with Gasteiger partial charge in [0.05, 0.1) is 6.54 Å². The van der Waals surface area contributed by atoms with Gasteiger partial charge in [-0.3, -0.25) is 14.2 Å². The van der Waals surface area contributed by atoms with E-state index in [0.717, 1.165) is 41.6 Å². The molecule has 1 aliphatic rings. The number of hydrogen-bond acceptors (Lipinski definition) is 4. The number of benzene rings is 1. The lowest BCUT2D eigenvalue weighted by atomic mass is 9.91. The number of aromatic nitrogens is 3. The lowest BCUT2D eigenvalue weighted by Crippen LogP contribution is -2.39. The van der Waals surface area contributed by atoms with Gasteiger partial charge in [-0.05, 0) is 30.7 Å². The lowest BCUT2D eigenvalue weighted by molar-refractivity contribution is -0.116. The van der Waals surface area contributed by atoms with Crippen LogP contribution in [0.2, 0.25) is 0 Å². The molecule has 0 saturated carbocycles. The molecule has 8 nitrogen and oxygen atoms in total. The highest BCUT2D eigenvalue weighted by molar-refractivity contribution is 5.94. The third-order valence-corrected chi connectivity index (χ3v) is 4.95. The average Bonchev–Trinajstić information content (AvgIpc) is 3.15. The lowest BCUT2D eigenvalue weighted by Gasteiger charge is -2.24. The van der Waals surface area contributed by atoms with Gasteiger partial charge in [0.25, 0.3) is 0 Å². The Hall–Kier alpha value is -3.42. The molecule has 3 N–H and O–H groups in total. The summed E-state index contributed by atoms with van der Waals surface area (Å²) in [5.74, 6) is 1.77. The van der Waals surface area contributed by atoms with Crippen molar-refractivity contribution in [2.75, 3.05) is 25.0 Å². The average molecular weight is 391 g/mol. The summed E-state index contributed by atoms with van der Waals surface area (Å²) in [6, 6.07) is 13.8. The number of para-hydroxylation sites is 1. The number of anilines is 1. The van der Waals surface area contributed by atoms with Gasteiger partial charge < -0.3 is 16.0 Å². The van der Waals surface area contributed by atoms with E-state index in [0.29, 0.717) is 19.5 Å². The molecule has 3 heterocycles. The molecule has 150 valence electrons. The predicted octanol–water partition coefficient (Wildman–Crippen LogP) is 1.95. The number of carbonyl (C=O) groups is 1. The maximum absolute atomic E-state index is 12.0. The summed E-state index contributed by atoms with van der Waals surface area (Å²) in [4.78, 5) is 16.7. The Bertz CT molecular complexity index is 1030. The van der Waals surface area contributed by atoms with E-state index in [1.54, 1.807) is 0 Å². The molecule has 29 heavy (non-hydrogen) atoms. The van der Waals surface area contributed by atoms with E-state index < -0.39 is 0 Å². The van der Waals surface area contributed by atoms with E-state index in [2.05, 4.69) is 32.2 Å². The van der Waals surface area contributed by atoms with Crippen LogP contribution >= 0.6 is 0 Å². The zero-order chi connectivity index (χ0) is 20.1. The first-order valence-corrected chi connectivity index (χ1v) is 9.94. The number of rotatable bonds is 6. The van der Waals surface area contributed by atoms with Gasteiger partial charge in [0.2, 0.25) is 5.91 Å². The van der Waals surface area contributed by atoms with E-state index in [1.165, 1.54) is 0 Å². The quantitative estimate of drug-likeness (QED) is 0.441. The second kappa shape index (κ2) is 8.72. The van der Waals surface area contributed by atoms with E-state index in [1.807, 2.05) is 53.9 Å². The van der Waals surface area contributed by atoms with Gasteiger partial charge in [0.15, 0.2) is 11.6 Å². The summed E-state index contributed by atoms with van der Waals surface area (Å²) >= 11 is 0. The number of carbonyl (C=O) groups excluding carboxylic acids is 1. The maximum atomic E-state index is 12.0. The molecule has 3 aromatic rings. The number of hydrogen-bond donors (Lipinski definition) is 3. The summed E-state index contributed by atoms with van der Waals surface area (Å²) in [5.41, 5.74) is 2.87. The summed E-state index contributed by atoms with van der Waals surface area (Å²) < 4.78 is 1.99. The van der Waals surface area contributed by atoms with Gasteiger partial charge in [0, 0.05) is 43.7 Å². The number of fused-ring (bicyclic) bond motifs is 2. The Morgan fingerprint density at radius 3 is 2.97 bits per heavy atom. The first-order chi connectivity index (χ1) is 14.2. The van der Waals surface area contributed by atoms with E-state index in [4.69, 9.17) is 4.99 Å². The number of pyridine rings is 1. The predicted molar refractivity (Wildman–Crippen MR) is 113 cm³/mol. The van der Waals surface area contributed by atoms with Crippen molar-refractivity contribution < 1.29 is 4.79 Å². The number of amides is 1. The van der Waals surface area contributed by atoms with Crippen LogP contribution in [-0.2, 0) is 11.2 Å². The van der Waals surface area contributed by atoms with Crippen LogP contribution in [-0.4, -0.2) is 46.1 Å². The van der Waals surface area contributed by atoms with Gasteiger partial charge >= 0.3 is 0 Å². The van der Waals surface area contributed by atoms with E-state index >= 15 is 0 Å². The van der Waals surface area contributed by atoms with E-state index in [-0.39, 0.29) is 11.8 Å². The fraction of sp³-hybridized carbons (Fsp3) is 0.333. The third kappa shape index (κ3) is 4.37. The minimum Gasteiger partial charge on any atom is -0.357 e. The first kappa shape index (κ1) is 18.9. The fourth-order valence-corrected chi connectivity index (χ4v) is 3.56. The SMILES string of the molecule is CCNC(=NCC1CC(=O)Nc2ccccc21)NCCc1nnc2ccccn12. The normalized spacial score (nSPS) is 16.4. The largest absolute Gasteiger partial charge is 0.357 e. The standard InChI is InChI=1S/C21H25N7O/c1-2-22-21(23-11-10-19-27-26-18-9-5-6-12-28(18)19)24-14-15-13-20(29)25-17-8-4-3-7-16(15)17/h3-9,12,15H,2,10-11,13-14H2,1H3,(H,25,29)(H2,22,23,24). The molecular formula is C21H25N7O. The van der Waals surface area contributed by atoms with Crippen LogP contribution in [0.25, 0.3) is 5.65 Å². The molecule has 0 aliphatic carbocycles. The second-order valence-corrected chi connectivity index (χ2v) is 6.98. The highest BCUT2D eigenvalue weighted by Crippen LogP contribution is 2.31. The summed E-state index contributed by atoms with van der Waals surface area (Å²) in [5, 5.41) is 18.0. The number of nitrogens with zero attached hydrogens (tertiary/aromatic N) is 4. The van der Waals surface area contributed by atoms with Crippen LogP contribution in [0.15, 0.2) is 53.7 Å². The molecule has 0 spiro atoms. The van der Waals surface area contributed by atoms with Crippen molar-refractivity contribution in [3.05, 3.63) is 60.0 Å². The van der Waals surface area contributed by atoms with E-state index in [9.17, 15) is 4.79 Å². The molecule has 1 unspecified atom stereocenters. The van der Waals surface area contributed by atoms with Crippen molar-refractivity contribution in [1.82, 2.24) is 25.2 Å². The van der Waals surface area contributed by atoms with Gasteiger partial charge in [0.1, 0.15) is 5.82 Å². The summed E-state index contributed by atoms with van der Waals surface area (Å²) in [7, 11) is 0. The molecule has 0 fully saturated rings. The molecule has 0 bridgehead atoms. The van der Waals surface area contributed by atoms with Crippen molar-refractivity contribution >= 4 is 23.2 Å². The van der Waals surface area contributed by atoms with Gasteiger partial charge in [-0.1, -0.05) is 24.3 Å². The molecule has 2 aromatic heterocycles. The highest BCUT2D eigenvalue weighted by atomic mass is 16.1. The Morgan fingerprint density at radius 2 is 2.07 bits per heavy atom. The topological polar surface area (TPSA) is 95.7 Å². The smallest absolute Gasteiger partial charge is 0.225 e. The molecule has 4 rings (SSSR count). The van der Waals surface area contributed by atoms with Gasteiger partial charge in [-0.15, -0.1) is 10.2 Å². The molecule has 0 saturated heterocycles. The van der Waals surface area contributed by atoms with Gasteiger partial charge in [-0.2, -0.15) is 0 Å². The fourth-order valence-electron chi connectivity index (χ4n) is 3.56. The third-order valence-electron chi connectivity index (χ3n) is 4.95. The highest BCUT2D eigenvalue weighted by Gasteiger charge is 2.24. The number of nitrogens with one attached hydrogen (secondary N) is 3. The van der Waals surface area contributed by atoms with Crippen LogP contribution in [0.3, 0.4) is 0 Å². The molecule has 1 amide bonds. The van der Waals surface area contributed by atoms with Crippen LogP contribution in [0.5, 0.6) is 0 Å².